The molecule has 0 aromatic heterocycles. The highest BCUT2D eigenvalue weighted by Crippen LogP contribution is 2.12. The summed E-state index contributed by atoms with van der Waals surface area (Å²) in [6, 6.07) is 15.3. The molecule has 0 radical (unpaired) electrons. The Morgan fingerprint density at radius 1 is 1.05 bits per heavy atom. The lowest BCUT2D eigenvalue weighted by molar-refractivity contribution is 0.320. The molecule has 3 heteroatoms. The average Bonchev–Trinajstić information content (AvgIpc) is 2.43. The largest absolute Gasteiger partial charge is 0.410 e. The van der Waals surface area contributed by atoms with E-state index in [1.165, 1.54) is 5.56 Å². The Morgan fingerprint density at radius 3 is 2.26 bits per heavy atom. The molecule has 0 bridgehead atoms. The number of nitrogens with zero attached hydrogens (tertiary/aromatic N) is 1. The van der Waals surface area contributed by atoms with Gasteiger partial charge in [0.05, 0.1) is 0 Å². The van der Waals surface area contributed by atoms with Gasteiger partial charge in [0.25, 0.3) is 0 Å². The molecule has 2 nitrogen and oxygen atoms in total. The lowest BCUT2D eigenvalue weighted by Gasteiger charge is -2.00. The molecule has 0 saturated carbocycles. The Kier molecular flexibility index (Phi) is 4.37. The minimum atomic E-state index is 0.497. The molecule has 0 aliphatic rings. The zero-order chi connectivity index (χ0) is 13.7. The standard InChI is InChI=1S/C16H14ClNO/c1-12-2-4-13(5-3-12)6-11-16(18-19)14-7-9-15(17)10-8-14/h2-11,19H,1H3/b11-6+,18-16-. The predicted molar refractivity (Wildman–Crippen MR) is 80.0 cm³/mol. The van der Waals surface area contributed by atoms with Gasteiger partial charge in [-0.2, -0.15) is 0 Å². The molecule has 0 atom stereocenters. The second-order valence-corrected chi connectivity index (χ2v) is 4.67. The third kappa shape index (κ3) is 3.70. The van der Waals surface area contributed by atoms with E-state index in [4.69, 9.17) is 16.8 Å². The molecule has 0 spiro atoms. The van der Waals surface area contributed by atoms with Gasteiger partial charge in [-0.1, -0.05) is 64.8 Å². The molecule has 2 aromatic rings. The first-order valence-corrected chi connectivity index (χ1v) is 6.29. The van der Waals surface area contributed by atoms with Gasteiger partial charge in [-0.3, -0.25) is 0 Å². The van der Waals surface area contributed by atoms with Gasteiger partial charge in [-0.25, -0.2) is 0 Å². The van der Waals surface area contributed by atoms with Crippen LogP contribution in [0.5, 0.6) is 0 Å². The normalized spacial score (nSPS) is 12.0. The number of hydrogen-bond acceptors (Lipinski definition) is 2. The number of benzene rings is 2. The smallest absolute Gasteiger partial charge is 0.109 e. The minimum absolute atomic E-state index is 0.497. The van der Waals surface area contributed by atoms with E-state index in [0.29, 0.717) is 10.7 Å². The summed E-state index contributed by atoms with van der Waals surface area (Å²) in [7, 11) is 0. The first-order chi connectivity index (χ1) is 9.19. The summed E-state index contributed by atoms with van der Waals surface area (Å²) in [5.41, 5.74) is 3.58. The second-order valence-electron chi connectivity index (χ2n) is 4.24. The summed E-state index contributed by atoms with van der Waals surface area (Å²) in [5, 5.41) is 13.0. The van der Waals surface area contributed by atoms with E-state index < -0.39 is 0 Å². The third-order valence-electron chi connectivity index (χ3n) is 2.76. The van der Waals surface area contributed by atoms with Crippen LogP contribution in [-0.2, 0) is 0 Å². The highest BCUT2D eigenvalue weighted by atomic mass is 35.5. The Labute approximate surface area is 117 Å². The van der Waals surface area contributed by atoms with Crippen LogP contribution in [0.1, 0.15) is 16.7 Å². The second kappa shape index (κ2) is 6.21. The summed E-state index contributed by atoms with van der Waals surface area (Å²) in [6.45, 7) is 2.04. The first kappa shape index (κ1) is 13.4. The summed E-state index contributed by atoms with van der Waals surface area (Å²) in [6.07, 6.45) is 3.68. The van der Waals surface area contributed by atoms with E-state index in [1.807, 2.05) is 49.4 Å². The van der Waals surface area contributed by atoms with Crippen LogP contribution in [0.25, 0.3) is 6.08 Å². The van der Waals surface area contributed by atoms with Crippen molar-refractivity contribution >= 4 is 23.4 Å². The van der Waals surface area contributed by atoms with Crippen molar-refractivity contribution in [2.24, 2.45) is 5.16 Å². The van der Waals surface area contributed by atoms with Gasteiger partial charge in [-0.05, 0) is 30.7 Å². The maximum Gasteiger partial charge on any atom is 0.109 e. The van der Waals surface area contributed by atoms with Crippen molar-refractivity contribution in [2.75, 3.05) is 0 Å². The first-order valence-electron chi connectivity index (χ1n) is 5.92. The van der Waals surface area contributed by atoms with Gasteiger partial charge in [0.2, 0.25) is 0 Å². The molecule has 0 aliphatic heterocycles. The summed E-state index contributed by atoms with van der Waals surface area (Å²) in [5.74, 6) is 0. The predicted octanol–water partition coefficient (Wildman–Crippen LogP) is 4.54. The zero-order valence-electron chi connectivity index (χ0n) is 10.5. The molecule has 0 aliphatic carbocycles. The Morgan fingerprint density at radius 2 is 1.68 bits per heavy atom. The highest BCUT2D eigenvalue weighted by molar-refractivity contribution is 6.30. The molecular formula is C16H14ClNO. The fourth-order valence-corrected chi connectivity index (χ4v) is 1.79. The van der Waals surface area contributed by atoms with Crippen LogP contribution < -0.4 is 0 Å². The zero-order valence-corrected chi connectivity index (χ0v) is 11.3. The van der Waals surface area contributed by atoms with Crippen molar-refractivity contribution in [3.05, 3.63) is 76.3 Å². The molecule has 2 rings (SSSR count). The fraction of sp³-hybridized carbons (Fsp3) is 0.0625. The maximum atomic E-state index is 9.07. The minimum Gasteiger partial charge on any atom is -0.410 e. The van der Waals surface area contributed by atoms with E-state index in [2.05, 4.69) is 5.16 Å². The lowest BCUT2D eigenvalue weighted by Crippen LogP contribution is -1.95. The quantitative estimate of drug-likeness (QED) is 0.496. The van der Waals surface area contributed by atoms with Crippen molar-refractivity contribution in [3.63, 3.8) is 0 Å². The summed E-state index contributed by atoms with van der Waals surface area (Å²) >= 11 is 5.83. The molecular weight excluding hydrogens is 258 g/mol. The van der Waals surface area contributed by atoms with Crippen LogP contribution in [0.15, 0.2) is 59.8 Å². The van der Waals surface area contributed by atoms with Crippen LogP contribution in [0.3, 0.4) is 0 Å². The van der Waals surface area contributed by atoms with Crippen molar-refractivity contribution in [3.8, 4) is 0 Å². The van der Waals surface area contributed by atoms with E-state index in [-0.39, 0.29) is 0 Å². The molecule has 1 N–H and O–H groups in total. The Hall–Kier alpha value is -2.06. The number of oxime groups is 1. The highest BCUT2D eigenvalue weighted by Gasteiger charge is 2.00. The molecule has 0 heterocycles. The van der Waals surface area contributed by atoms with Crippen molar-refractivity contribution < 1.29 is 5.21 Å². The maximum absolute atomic E-state index is 9.07. The molecule has 0 fully saturated rings. The van der Waals surface area contributed by atoms with Crippen LogP contribution in [0.2, 0.25) is 5.02 Å². The third-order valence-corrected chi connectivity index (χ3v) is 3.01. The van der Waals surface area contributed by atoms with Gasteiger partial charge in [0.1, 0.15) is 5.71 Å². The number of rotatable bonds is 3. The fourth-order valence-electron chi connectivity index (χ4n) is 1.66. The van der Waals surface area contributed by atoms with E-state index in [1.54, 1.807) is 18.2 Å². The molecule has 2 aromatic carbocycles. The number of halogens is 1. The van der Waals surface area contributed by atoms with Crippen LogP contribution in [0, 0.1) is 6.92 Å². The van der Waals surface area contributed by atoms with Gasteiger partial charge in [-0.15, -0.1) is 0 Å². The van der Waals surface area contributed by atoms with E-state index in [9.17, 15) is 0 Å². The number of hydrogen-bond donors (Lipinski definition) is 1. The average molecular weight is 272 g/mol. The van der Waals surface area contributed by atoms with Crippen molar-refractivity contribution in [2.45, 2.75) is 6.92 Å². The molecule has 19 heavy (non-hydrogen) atoms. The summed E-state index contributed by atoms with van der Waals surface area (Å²) in [4.78, 5) is 0. The van der Waals surface area contributed by atoms with Gasteiger partial charge in [0.15, 0.2) is 0 Å². The van der Waals surface area contributed by atoms with E-state index in [0.717, 1.165) is 11.1 Å². The SMILES string of the molecule is Cc1ccc(/C=C/C(=N/O)c2ccc(Cl)cc2)cc1. The van der Waals surface area contributed by atoms with Crippen LogP contribution in [-0.4, -0.2) is 10.9 Å². The topological polar surface area (TPSA) is 32.6 Å². The number of allylic oxidation sites excluding steroid dienone is 1. The van der Waals surface area contributed by atoms with Gasteiger partial charge in [0, 0.05) is 10.6 Å². The Balaban J connectivity index is 2.20. The summed E-state index contributed by atoms with van der Waals surface area (Å²) < 4.78 is 0. The molecule has 96 valence electrons. The molecule has 0 unspecified atom stereocenters. The van der Waals surface area contributed by atoms with Crippen LogP contribution in [0.4, 0.5) is 0 Å². The van der Waals surface area contributed by atoms with E-state index >= 15 is 0 Å². The molecule has 0 amide bonds. The van der Waals surface area contributed by atoms with Gasteiger partial charge >= 0.3 is 0 Å². The van der Waals surface area contributed by atoms with Crippen molar-refractivity contribution in [1.82, 2.24) is 0 Å². The Bertz CT molecular complexity index is 598. The molecule has 0 saturated heterocycles. The monoisotopic (exact) mass is 271 g/mol. The van der Waals surface area contributed by atoms with Crippen molar-refractivity contribution in [1.29, 1.82) is 0 Å². The van der Waals surface area contributed by atoms with Crippen LogP contribution >= 0.6 is 11.6 Å². The lowest BCUT2D eigenvalue weighted by atomic mass is 10.1. The number of aryl methyl sites for hydroxylation is 1. The van der Waals surface area contributed by atoms with Gasteiger partial charge < -0.3 is 5.21 Å².